The van der Waals surface area contributed by atoms with Crippen molar-refractivity contribution < 1.29 is 17.9 Å². The SMILES string of the molecule is COc1cccc(/C=N\S(=O)(=O)c2cccs2)c1OCc1cccc(C)c1. The fourth-order valence-corrected chi connectivity index (χ4v) is 4.33. The molecule has 0 fully saturated rings. The van der Waals surface area contributed by atoms with E-state index in [9.17, 15) is 8.42 Å². The summed E-state index contributed by atoms with van der Waals surface area (Å²) in [6, 6.07) is 16.4. The molecular formula is C20H19NO4S2. The van der Waals surface area contributed by atoms with Gasteiger partial charge in [0.05, 0.1) is 13.3 Å². The number of aryl methyl sites for hydroxylation is 1. The maximum Gasteiger partial charge on any atom is 0.291 e. The van der Waals surface area contributed by atoms with Crippen LogP contribution in [0.25, 0.3) is 0 Å². The van der Waals surface area contributed by atoms with Crippen molar-refractivity contribution in [2.75, 3.05) is 7.11 Å². The minimum Gasteiger partial charge on any atom is -0.493 e. The number of benzene rings is 2. The maximum absolute atomic E-state index is 12.3. The van der Waals surface area contributed by atoms with Crippen molar-refractivity contribution in [3.8, 4) is 11.5 Å². The Balaban J connectivity index is 1.88. The molecule has 0 saturated carbocycles. The third-order valence-electron chi connectivity index (χ3n) is 3.77. The molecule has 0 aliphatic rings. The molecule has 1 aromatic heterocycles. The fraction of sp³-hybridized carbons (Fsp3) is 0.150. The standard InChI is InChI=1S/C20H19NO4S2/c1-15-6-3-7-16(12-15)14-25-20-17(8-4-9-18(20)24-2)13-21-27(22,23)19-10-5-11-26-19/h3-13H,14H2,1-2H3/b21-13-. The van der Waals surface area contributed by atoms with E-state index in [2.05, 4.69) is 4.40 Å². The zero-order chi connectivity index (χ0) is 19.3. The first-order valence-electron chi connectivity index (χ1n) is 8.19. The summed E-state index contributed by atoms with van der Waals surface area (Å²) in [6.07, 6.45) is 1.29. The summed E-state index contributed by atoms with van der Waals surface area (Å²) in [5, 5.41) is 1.70. The molecule has 0 radical (unpaired) electrons. The van der Waals surface area contributed by atoms with Gasteiger partial charge in [0.15, 0.2) is 11.5 Å². The molecule has 0 aliphatic heterocycles. The van der Waals surface area contributed by atoms with E-state index in [1.807, 2.05) is 31.2 Å². The third-order valence-corrected chi connectivity index (χ3v) is 6.38. The third kappa shape index (κ3) is 4.75. The average Bonchev–Trinajstić information content (AvgIpc) is 3.20. The molecule has 7 heteroatoms. The summed E-state index contributed by atoms with van der Waals surface area (Å²) in [5.74, 6) is 0.965. The van der Waals surface area contributed by atoms with E-state index in [1.54, 1.807) is 29.6 Å². The van der Waals surface area contributed by atoms with Gasteiger partial charge in [-0.3, -0.25) is 0 Å². The highest BCUT2D eigenvalue weighted by molar-refractivity contribution is 7.92. The van der Waals surface area contributed by atoms with Gasteiger partial charge in [-0.2, -0.15) is 12.8 Å². The molecule has 1 heterocycles. The second kappa shape index (κ2) is 8.37. The van der Waals surface area contributed by atoms with Crippen LogP contribution in [0.2, 0.25) is 0 Å². The Morgan fingerprint density at radius 3 is 2.63 bits per heavy atom. The van der Waals surface area contributed by atoms with Crippen LogP contribution in [0.15, 0.2) is 68.6 Å². The Labute approximate surface area is 163 Å². The fourth-order valence-electron chi connectivity index (χ4n) is 2.50. The van der Waals surface area contributed by atoms with Crippen LogP contribution in [-0.2, 0) is 16.6 Å². The molecule has 2 aromatic carbocycles. The molecule has 0 N–H and O–H groups in total. The van der Waals surface area contributed by atoms with E-state index in [0.29, 0.717) is 23.7 Å². The summed E-state index contributed by atoms with van der Waals surface area (Å²) >= 11 is 1.13. The van der Waals surface area contributed by atoms with Gasteiger partial charge in [0, 0.05) is 5.56 Å². The molecule has 0 spiro atoms. The number of rotatable bonds is 7. The van der Waals surface area contributed by atoms with Gasteiger partial charge in [-0.1, -0.05) is 42.0 Å². The first kappa shape index (κ1) is 19.1. The molecule has 5 nitrogen and oxygen atoms in total. The molecule has 0 aliphatic carbocycles. The van der Waals surface area contributed by atoms with Gasteiger partial charge in [0.2, 0.25) is 0 Å². The van der Waals surface area contributed by atoms with Gasteiger partial charge in [0.1, 0.15) is 10.8 Å². The Morgan fingerprint density at radius 2 is 1.93 bits per heavy atom. The molecule has 0 amide bonds. The quantitative estimate of drug-likeness (QED) is 0.549. The van der Waals surface area contributed by atoms with Crippen LogP contribution >= 0.6 is 11.3 Å². The van der Waals surface area contributed by atoms with E-state index in [4.69, 9.17) is 9.47 Å². The lowest BCUT2D eigenvalue weighted by Gasteiger charge is -2.13. The molecule has 140 valence electrons. The van der Waals surface area contributed by atoms with E-state index < -0.39 is 10.0 Å². The van der Waals surface area contributed by atoms with Crippen molar-refractivity contribution in [3.63, 3.8) is 0 Å². The predicted molar refractivity (Wildman–Crippen MR) is 108 cm³/mol. The molecule has 27 heavy (non-hydrogen) atoms. The van der Waals surface area contributed by atoms with Crippen molar-refractivity contribution >= 4 is 27.6 Å². The van der Waals surface area contributed by atoms with Crippen molar-refractivity contribution in [2.45, 2.75) is 17.7 Å². The van der Waals surface area contributed by atoms with Crippen LogP contribution < -0.4 is 9.47 Å². The van der Waals surface area contributed by atoms with Crippen LogP contribution in [0.1, 0.15) is 16.7 Å². The summed E-state index contributed by atoms with van der Waals surface area (Å²) in [7, 11) is -2.19. The largest absolute Gasteiger partial charge is 0.493 e. The lowest BCUT2D eigenvalue weighted by Crippen LogP contribution is -2.02. The second-order valence-corrected chi connectivity index (χ2v) is 8.60. The summed E-state index contributed by atoms with van der Waals surface area (Å²) in [5.41, 5.74) is 2.68. The van der Waals surface area contributed by atoms with Crippen LogP contribution in [-0.4, -0.2) is 21.7 Å². The van der Waals surface area contributed by atoms with E-state index >= 15 is 0 Å². The van der Waals surface area contributed by atoms with Gasteiger partial charge in [0.25, 0.3) is 10.0 Å². The van der Waals surface area contributed by atoms with Gasteiger partial charge in [-0.15, -0.1) is 11.3 Å². The first-order chi connectivity index (χ1) is 13.0. The molecule has 0 atom stereocenters. The number of nitrogens with zero attached hydrogens (tertiary/aromatic N) is 1. The second-order valence-electron chi connectivity index (χ2n) is 5.80. The normalized spacial score (nSPS) is 11.6. The highest BCUT2D eigenvalue weighted by Crippen LogP contribution is 2.31. The number of ether oxygens (including phenoxy) is 2. The van der Waals surface area contributed by atoms with Crippen LogP contribution in [0.3, 0.4) is 0 Å². The van der Waals surface area contributed by atoms with Crippen LogP contribution in [0, 0.1) is 6.92 Å². The number of methoxy groups -OCH3 is 1. The molecule has 0 bridgehead atoms. The van der Waals surface area contributed by atoms with Crippen LogP contribution in [0.4, 0.5) is 0 Å². The molecule has 3 aromatic rings. The van der Waals surface area contributed by atoms with E-state index in [0.717, 1.165) is 22.5 Å². The van der Waals surface area contributed by atoms with Crippen LogP contribution in [0.5, 0.6) is 11.5 Å². The first-order valence-corrected chi connectivity index (χ1v) is 10.5. The molecule has 0 saturated heterocycles. The minimum atomic E-state index is -3.73. The number of para-hydroxylation sites is 1. The minimum absolute atomic E-state index is 0.198. The lowest BCUT2D eigenvalue weighted by atomic mass is 10.1. The number of hydrogen-bond acceptors (Lipinski definition) is 5. The topological polar surface area (TPSA) is 65.0 Å². The Bertz CT molecular complexity index is 1040. The van der Waals surface area contributed by atoms with Gasteiger partial charge < -0.3 is 9.47 Å². The zero-order valence-corrected chi connectivity index (χ0v) is 16.6. The van der Waals surface area contributed by atoms with Gasteiger partial charge in [-0.25, -0.2) is 0 Å². The van der Waals surface area contributed by atoms with Crippen molar-refractivity contribution in [1.29, 1.82) is 0 Å². The average molecular weight is 402 g/mol. The van der Waals surface area contributed by atoms with Crippen molar-refractivity contribution in [2.24, 2.45) is 4.40 Å². The Morgan fingerprint density at radius 1 is 1.11 bits per heavy atom. The van der Waals surface area contributed by atoms with Gasteiger partial charge in [-0.05, 0) is 36.1 Å². The smallest absolute Gasteiger partial charge is 0.291 e. The lowest BCUT2D eigenvalue weighted by molar-refractivity contribution is 0.284. The molecule has 3 rings (SSSR count). The molecule has 0 unspecified atom stereocenters. The van der Waals surface area contributed by atoms with E-state index in [1.165, 1.54) is 19.4 Å². The van der Waals surface area contributed by atoms with Crippen molar-refractivity contribution in [3.05, 3.63) is 76.7 Å². The Hall–Kier alpha value is -2.64. The Kier molecular flexibility index (Phi) is 5.93. The van der Waals surface area contributed by atoms with Crippen molar-refractivity contribution in [1.82, 2.24) is 0 Å². The van der Waals surface area contributed by atoms with Gasteiger partial charge >= 0.3 is 0 Å². The summed E-state index contributed by atoms with van der Waals surface area (Å²) in [6.45, 7) is 2.35. The van der Waals surface area contributed by atoms with E-state index in [-0.39, 0.29) is 4.21 Å². The molecular weight excluding hydrogens is 382 g/mol. The highest BCUT2D eigenvalue weighted by Gasteiger charge is 2.14. The predicted octanol–water partition coefficient (Wildman–Crippen LogP) is 4.45. The maximum atomic E-state index is 12.3. The zero-order valence-electron chi connectivity index (χ0n) is 15.0. The number of hydrogen-bond donors (Lipinski definition) is 0. The summed E-state index contributed by atoms with van der Waals surface area (Å²) in [4.78, 5) is 0. The summed E-state index contributed by atoms with van der Waals surface area (Å²) < 4.78 is 39.9. The number of thiophene rings is 1. The number of sulfonamides is 1. The monoisotopic (exact) mass is 401 g/mol. The highest BCUT2D eigenvalue weighted by atomic mass is 32.2.